The average molecular weight is 213 g/mol. The molecule has 0 amide bonds. The van der Waals surface area contributed by atoms with Crippen LogP contribution in [-0.4, -0.2) is 13.2 Å². The van der Waals surface area contributed by atoms with Crippen LogP contribution in [0, 0.1) is 11.6 Å². The molecule has 0 radical (unpaired) electrons. The number of halogens is 2. The number of nitrogens with two attached hydrogens (primary N) is 1. The van der Waals surface area contributed by atoms with Crippen molar-refractivity contribution < 1.29 is 13.5 Å². The van der Waals surface area contributed by atoms with E-state index in [9.17, 15) is 8.78 Å². The van der Waals surface area contributed by atoms with E-state index < -0.39 is 11.6 Å². The second-order valence-electron chi connectivity index (χ2n) is 3.80. The molecule has 82 valence electrons. The van der Waals surface area contributed by atoms with E-state index in [1.165, 1.54) is 0 Å². The van der Waals surface area contributed by atoms with Gasteiger partial charge in [-0.1, -0.05) is 6.92 Å². The molecule has 1 aromatic rings. The number of hydrogen-bond acceptors (Lipinski definition) is 2. The fourth-order valence-corrected chi connectivity index (χ4v) is 1.89. The normalized spacial score (nSPS) is 16.0. The number of ether oxygens (including phenoxy) is 1. The van der Waals surface area contributed by atoms with E-state index in [-0.39, 0.29) is 5.92 Å². The summed E-state index contributed by atoms with van der Waals surface area (Å²) >= 11 is 0. The van der Waals surface area contributed by atoms with Crippen molar-refractivity contribution in [2.75, 3.05) is 13.2 Å². The number of rotatable bonds is 2. The van der Waals surface area contributed by atoms with Crippen LogP contribution < -0.4 is 10.5 Å². The highest BCUT2D eigenvalue weighted by atomic mass is 19.1. The van der Waals surface area contributed by atoms with Gasteiger partial charge < -0.3 is 10.5 Å². The Balaban J connectivity index is 2.59. The summed E-state index contributed by atoms with van der Waals surface area (Å²) in [5.74, 6) is -0.873. The van der Waals surface area contributed by atoms with E-state index in [4.69, 9.17) is 10.5 Å². The monoisotopic (exact) mass is 213 g/mol. The maximum absolute atomic E-state index is 13.6. The Bertz CT molecular complexity index is 393. The van der Waals surface area contributed by atoms with Crippen LogP contribution in [-0.2, 0) is 6.42 Å². The molecule has 0 fully saturated rings. The van der Waals surface area contributed by atoms with Gasteiger partial charge in [0.05, 0.1) is 6.61 Å². The van der Waals surface area contributed by atoms with Crippen LogP contribution in [0.15, 0.2) is 6.07 Å². The SMILES string of the molecule is CC(CN)c1c(F)cc(F)c2c1OCC2. The van der Waals surface area contributed by atoms with E-state index in [2.05, 4.69) is 0 Å². The Hall–Kier alpha value is -1.16. The second kappa shape index (κ2) is 3.77. The van der Waals surface area contributed by atoms with Gasteiger partial charge in [-0.05, 0) is 12.5 Å². The van der Waals surface area contributed by atoms with Crippen LogP contribution in [0.2, 0.25) is 0 Å². The molecule has 1 unspecified atom stereocenters. The maximum atomic E-state index is 13.6. The first-order chi connectivity index (χ1) is 7.15. The van der Waals surface area contributed by atoms with Crippen molar-refractivity contribution in [3.8, 4) is 5.75 Å². The van der Waals surface area contributed by atoms with E-state index in [0.29, 0.717) is 36.4 Å². The number of hydrogen-bond donors (Lipinski definition) is 1. The molecule has 0 aromatic heterocycles. The average Bonchev–Trinajstić information content (AvgIpc) is 2.66. The summed E-state index contributed by atoms with van der Waals surface area (Å²) in [5.41, 5.74) is 6.38. The molecule has 0 saturated carbocycles. The van der Waals surface area contributed by atoms with Crippen molar-refractivity contribution in [3.63, 3.8) is 0 Å². The van der Waals surface area contributed by atoms with Gasteiger partial charge in [0.25, 0.3) is 0 Å². The fraction of sp³-hybridized carbons (Fsp3) is 0.455. The number of benzene rings is 1. The van der Waals surface area contributed by atoms with Gasteiger partial charge >= 0.3 is 0 Å². The lowest BCUT2D eigenvalue weighted by molar-refractivity contribution is 0.348. The van der Waals surface area contributed by atoms with Crippen molar-refractivity contribution in [3.05, 3.63) is 28.8 Å². The van der Waals surface area contributed by atoms with E-state index in [1.54, 1.807) is 6.92 Å². The predicted octanol–water partition coefficient (Wildman–Crippen LogP) is 1.96. The topological polar surface area (TPSA) is 35.2 Å². The zero-order valence-corrected chi connectivity index (χ0v) is 8.52. The molecule has 1 aromatic carbocycles. The highest BCUT2D eigenvalue weighted by molar-refractivity contribution is 5.47. The molecule has 2 N–H and O–H groups in total. The molecular formula is C11H13F2NO. The summed E-state index contributed by atoms with van der Waals surface area (Å²) in [7, 11) is 0. The molecular weight excluding hydrogens is 200 g/mol. The lowest BCUT2D eigenvalue weighted by atomic mass is 9.96. The third-order valence-corrected chi connectivity index (χ3v) is 2.76. The molecule has 0 bridgehead atoms. The van der Waals surface area contributed by atoms with Gasteiger partial charge in [0.1, 0.15) is 17.4 Å². The lowest BCUT2D eigenvalue weighted by Gasteiger charge is -2.14. The minimum atomic E-state index is -0.564. The maximum Gasteiger partial charge on any atom is 0.133 e. The van der Waals surface area contributed by atoms with E-state index in [0.717, 1.165) is 6.07 Å². The van der Waals surface area contributed by atoms with Crippen molar-refractivity contribution in [2.24, 2.45) is 5.73 Å². The third-order valence-electron chi connectivity index (χ3n) is 2.76. The van der Waals surface area contributed by atoms with Crippen LogP contribution in [0.5, 0.6) is 5.75 Å². The minimum Gasteiger partial charge on any atom is -0.492 e. The Morgan fingerprint density at radius 2 is 2.20 bits per heavy atom. The predicted molar refractivity (Wildman–Crippen MR) is 53.0 cm³/mol. The Kier molecular flexibility index (Phi) is 2.61. The molecule has 2 nitrogen and oxygen atoms in total. The molecule has 1 atom stereocenters. The van der Waals surface area contributed by atoms with Crippen LogP contribution in [0.25, 0.3) is 0 Å². The summed E-state index contributed by atoms with van der Waals surface area (Å²) in [4.78, 5) is 0. The summed E-state index contributed by atoms with van der Waals surface area (Å²) in [6, 6.07) is 0.926. The van der Waals surface area contributed by atoms with Crippen LogP contribution in [0.3, 0.4) is 0 Å². The van der Waals surface area contributed by atoms with Crippen molar-refractivity contribution in [2.45, 2.75) is 19.3 Å². The zero-order chi connectivity index (χ0) is 11.0. The second-order valence-corrected chi connectivity index (χ2v) is 3.80. The zero-order valence-electron chi connectivity index (χ0n) is 8.52. The summed E-state index contributed by atoms with van der Waals surface area (Å²) < 4.78 is 32.2. The van der Waals surface area contributed by atoms with Gasteiger partial charge in [0.2, 0.25) is 0 Å². The molecule has 2 rings (SSSR count). The van der Waals surface area contributed by atoms with E-state index >= 15 is 0 Å². The Morgan fingerprint density at radius 3 is 2.87 bits per heavy atom. The number of fused-ring (bicyclic) bond motifs is 1. The summed E-state index contributed by atoms with van der Waals surface area (Å²) in [5, 5.41) is 0. The van der Waals surface area contributed by atoms with Gasteiger partial charge in [-0.25, -0.2) is 8.78 Å². The first kappa shape index (κ1) is 10.4. The molecule has 1 aliphatic heterocycles. The molecule has 1 aliphatic rings. The van der Waals surface area contributed by atoms with Crippen molar-refractivity contribution in [1.82, 2.24) is 0 Å². The molecule has 0 saturated heterocycles. The third kappa shape index (κ3) is 1.59. The smallest absolute Gasteiger partial charge is 0.133 e. The van der Waals surface area contributed by atoms with Gasteiger partial charge in [-0.15, -0.1) is 0 Å². The van der Waals surface area contributed by atoms with Gasteiger partial charge in [0, 0.05) is 23.6 Å². The van der Waals surface area contributed by atoms with Gasteiger partial charge in [0.15, 0.2) is 0 Å². The fourth-order valence-electron chi connectivity index (χ4n) is 1.89. The largest absolute Gasteiger partial charge is 0.492 e. The lowest BCUT2D eigenvalue weighted by Crippen LogP contribution is -2.12. The van der Waals surface area contributed by atoms with Crippen LogP contribution >= 0.6 is 0 Å². The molecule has 0 spiro atoms. The van der Waals surface area contributed by atoms with E-state index in [1.807, 2.05) is 0 Å². The Morgan fingerprint density at radius 1 is 1.47 bits per heavy atom. The van der Waals surface area contributed by atoms with Crippen LogP contribution in [0.4, 0.5) is 8.78 Å². The van der Waals surface area contributed by atoms with Crippen LogP contribution in [0.1, 0.15) is 24.0 Å². The molecule has 0 aliphatic carbocycles. The highest BCUT2D eigenvalue weighted by Gasteiger charge is 2.26. The standard InChI is InChI=1S/C11H13F2NO/c1-6(5-14)10-9(13)4-8(12)7-2-3-15-11(7)10/h4,6H,2-3,5,14H2,1H3. The van der Waals surface area contributed by atoms with Crippen molar-refractivity contribution in [1.29, 1.82) is 0 Å². The molecule has 4 heteroatoms. The first-order valence-corrected chi connectivity index (χ1v) is 4.98. The van der Waals surface area contributed by atoms with Crippen molar-refractivity contribution >= 4 is 0 Å². The van der Waals surface area contributed by atoms with Gasteiger partial charge in [-0.3, -0.25) is 0 Å². The van der Waals surface area contributed by atoms with Gasteiger partial charge in [-0.2, -0.15) is 0 Å². The summed E-state index contributed by atoms with van der Waals surface area (Å²) in [6.07, 6.45) is 0.506. The summed E-state index contributed by atoms with van der Waals surface area (Å²) in [6.45, 7) is 2.54. The highest BCUT2D eigenvalue weighted by Crippen LogP contribution is 2.37. The quantitative estimate of drug-likeness (QED) is 0.815. The first-order valence-electron chi connectivity index (χ1n) is 4.98. The molecule has 1 heterocycles. The molecule has 15 heavy (non-hydrogen) atoms. The minimum absolute atomic E-state index is 0.155. The Labute approximate surface area is 87.0 Å².